The van der Waals surface area contributed by atoms with E-state index in [4.69, 9.17) is 4.42 Å². The molecule has 1 aromatic carbocycles. The fourth-order valence-electron chi connectivity index (χ4n) is 2.73. The predicted molar refractivity (Wildman–Crippen MR) is 95.8 cm³/mol. The van der Waals surface area contributed by atoms with Gasteiger partial charge < -0.3 is 9.73 Å². The number of hydrogen-bond donors (Lipinski definition) is 1. The van der Waals surface area contributed by atoms with E-state index in [9.17, 15) is 4.79 Å². The normalized spacial score (nSPS) is 11.8. The molecule has 3 aromatic heterocycles. The Balaban J connectivity index is 1.62. The fraction of sp³-hybridized carbons (Fsp3) is 0.0500. The summed E-state index contributed by atoms with van der Waals surface area (Å²) in [5.74, 6) is 1.09. The molecule has 0 bridgehead atoms. The number of pyridine rings is 1. The van der Waals surface area contributed by atoms with E-state index in [0.29, 0.717) is 17.1 Å². The Bertz CT molecular complexity index is 980. The monoisotopic (exact) mass is 344 g/mol. The molecule has 0 saturated carbocycles. The van der Waals surface area contributed by atoms with E-state index < -0.39 is 0 Å². The Morgan fingerprint density at radius 3 is 2.69 bits per heavy atom. The van der Waals surface area contributed by atoms with E-state index in [1.54, 1.807) is 53.9 Å². The molecule has 4 aromatic rings. The van der Waals surface area contributed by atoms with E-state index >= 15 is 0 Å². The quantitative estimate of drug-likeness (QED) is 0.602. The van der Waals surface area contributed by atoms with Crippen LogP contribution in [0.1, 0.15) is 27.7 Å². The fourth-order valence-corrected chi connectivity index (χ4v) is 2.73. The largest absolute Gasteiger partial charge is 0.467 e. The molecule has 0 unspecified atom stereocenters. The maximum atomic E-state index is 12.8. The standard InChI is InChI=1S/C20H16N4O2/c25-20(16-8-9-22-18(13-16)24-11-10-21-14-24)23-19(17-7-4-12-26-17)15-5-2-1-3-6-15/h1-14,19H,(H,23,25)/t19-/m0/s1. The van der Waals surface area contributed by atoms with Gasteiger partial charge in [-0.15, -0.1) is 0 Å². The molecule has 4 rings (SSSR count). The number of amides is 1. The average molecular weight is 344 g/mol. The van der Waals surface area contributed by atoms with Crippen LogP contribution in [0.3, 0.4) is 0 Å². The number of rotatable bonds is 5. The first-order chi connectivity index (χ1) is 12.8. The molecule has 1 N–H and O–H groups in total. The third-order valence-corrected chi connectivity index (χ3v) is 4.01. The van der Waals surface area contributed by atoms with Gasteiger partial charge in [0.25, 0.3) is 5.91 Å². The Kier molecular flexibility index (Phi) is 4.30. The van der Waals surface area contributed by atoms with Crippen LogP contribution in [0.25, 0.3) is 5.82 Å². The number of hydrogen-bond acceptors (Lipinski definition) is 4. The van der Waals surface area contributed by atoms with Gasteiger partial charge in [0.15, 0.2) is 0 Å². The molecule has 0 saturated heterocycles. The van der Waals surface area contributed by atoms with Crippen molar-refractivity contribution >= 4 is 5.91 Å². The summed E-state index contributed by atoms with van der Waals surface area (Å²) in [5.41, 5.74) is 1.45. The van der Waals surface area contributed by atoms with Crippen LogP contribution >= 0.6 is 0 Å². The summed E-state index contributed by atoms with van der Waals surface area (Å²) in [7, 11) is 0. The summed E-state index contributed by atoms with van der Waals surface area (Å²) >= 11 is 0. The highest BCUT2D eigenvalue weighted by Crippen LogP contribution is 2.23. The molecule has 0 aliphatic heterocycles. The van der Waals surface area contributed by atoms with E-state index in [2.05, 4.69) is 15.3 Å². The van der Waals surface area contributed by atoms with Gasteiger partial charge in [-0.3, -0.25) is 9.36 Å². The zero-order valence-electron chi connectivity index (χ0n) is 13.8. The lowest BCUT2D eigenvalue weighted by molar-refractivity contribution is 0.0939. The van der Waals surface area contributed by atoms with Crippen molar-refractivity contribution in [2.75, 3.05) is 0 Å². The first kappa shape index (κ1) is 15.8. The van der Waals surface area contributed by atoms with E-state index in [-0.39, 0.29) is 11.9 Å². The molecule has 0 aliphatic carbocycles. The van der Waals surface area contributed by atoms with Gasteiger partial charge in [-0.05, 0) is 29.8 Å². The molecule has 0 fully saturated rings. The van der Waals surface area contributed by atoms with Crippen molar-refractivity contribution in [2.24, 2.45) is 0 Å². The van der Waals surface area contributed by atoms with Gasteiger partial charge in [0.1, 0.15) is 23.9 Å². The number of imidazole rings is 1. The van der Waals surface area contributed by atoms with Crippen molar-refractivity contribution in [2.45, 2.75) is 6.04 Å². The van der Waals surface area contributed by atoms with E-state index in [1.165, 1.54) is 0 Å². The molecule has 1 atom stereocenters. The number of aromatic nitrogens is 3. The molecule has 26 heavy (non-hydrogen) atoms. The number of furan rings is 1. The number of carbonyl (C=O) groups excluding carboxylic acids is 1. The number of nitrogens with one attached hydrogen (secondary N) is 1. The summed E-state index contributed by atoms with van der Waals surface area (Å²) in [5, 5.41) is 3.04. The minimum Gasteiger partial charge on any atom is -0.467 e. The molecule has 0 radical (unpaired) electrons. The minimum absolute atomic E-state index is 0.209. The molecular weight excluding hydrogens is 328 g/mol. The van der Waals surface area contributed by atoms with Gasteiger partial charge in [0.05, 0.1) is 6.26 Å². The third kappa shape index (κ3) is 3.25. The van der Waals surface area contributed by atoms with Gasteiger partial charge in [-0.1, -0.05) is 30.3 Å². The zero-order valence-corrected chi connectivity index (χ0v) is 13.8. The second kappa shape index (κ2) is 7.06. The van der Waals surface area contributed by atoms with Crippen molar-refractivity contribution in [1.29, 1.82) is 0 Å². The molecule has 6 heteroatoms. The van der Waals surface area contributed by atoms with Crippen molar-refractivity contribution in [3.63, 3.8) is 0 Å². The van der Waals surface area contributed by atoms with Crippen molar-refractivity contribution in [3.8, 4) is 5.82 Å². The molecule has 6 nitrogen and oxygen atoms in total. The minimum atomic E-state index is -0.372. The van der Waals surface area contributed by atoms with Crippen LogP contribution in [0.15, 0.2) is 90.2 Å². The topological polar surface area (TPSA) is 73.0 Å². The molecule has 128 valence electrons. The van der Waals surface area contributed by atoms with Crippen LogP contribution in [-0.2, 0) is 0 Å². The van der Waals surface area contributed by atoms with Gasteiger partial charge in [-0.25, -0.2) is 9.97 Å². The maximum Gasteiger partial charge on any atom is 0.252 e. The van der Waals surface area contributed by atoms with E-state index in [1.807, 2.05) is 36.4 Å². The van der Waals surface area contributed by atoms with Crippen molar-refractivity contribution in [3.05, 3.63) is 103 Å². The lowest BCUT2D eigenvalue weighted by Crippen LogP contribution is -2.29. The lowest BCUT2D eigenvalue weighted by Gasteiger charge is -2.17. The first-order valence-electron chi connectivity index (χ1n) is 8.15. The second-order valence-corrected chi connectivity index (χ2v) is 5.71. The summed E-state index contributed by atoms with van der Waals surface area (Å²) in [6.45, 7) is 0. The Hall–Kier alpha value is -3.67. The average Bonchev–Trinajstić information content (AvgIpc) is 3.40. The van der Waals surface area contributed by atoms with Gasteiger partial charge >= 0.3 is 0 Å². The molecule has 3 heterocycles. The Labute approximate surface area is 150 Å². The summed E-state index contributed by atoms with van der Waals surface area (Å²) in [4.78, 5) is 21.1. The smallest absolute Gasteiger partial charge is 0.252 e. The second-order valence-electron chi connectivity index (χ2n) is 5.71. The van der Waals surface area contributed by atoms with Crippen LogP contribution in [-0.4, -0.2) is 20.4 Å². The van der Waals surface area contributed by atoms with Crippen LogP contribution in [0.4, 0.5) is 0 Å². The Morgan fingerprint density at radius 2 is 1.96 bits per heavy atom. The highest BCUT2D eigenvalue weighted by atomic mass is 16.3. The summed E-state index contributed by atoms with van der Waals surface area (Å²) < 4.78 is 7.28. The van der Waals surface area contributed by atoms with E-state index in [0.717, 1.165) is 5.56 Å². The van der Waals surface area contributed by atoms with Crippen LogP contribution < -0.4 is 5.32 Å². The third-order valence-electron chi connectivity index (χ3n) is 4.01. The van der Waals surface area contributed by atoms with Crippen LogP contribution in [0.2, 0.25) is 0 Å². The SMILES string of the molecule is O=C(N[C@@H](c1ccccc1)c1ccco1)c1ccnc(-n2ccnc2)c1. The predicted octanol–water partition coefficient (Wildman–Crippen LogP) is 3.38. The van der Waals surface area contributed by atoms with Gasteiger partial charge in [0.2, 0.25) is 0 Å². The van der Waals surface area contributed by atoms with Crippen molar-refractivity contribution in [1.82, 2.24) is 19.9 Å². The molecule has 0 spiro atoms. The molecular formula is C20H16N4O2. The van der Waals surface area contributed by atoms with Gasteiger partial charge in [-0.2, -0.15) is 0 Å². The number of nitrogens with zero attached hydrogens (tertiary/aromatic N) is 3. The molecule has 0 aliphatic rings. The highest BCUT2D eigenvalue weighted by molar-refractivity contribution is 5.95. The molecule has 1 amide bonds. The lowest BCUT2D eigenvalue weighted by atomic mass is 10.0. The number of carbonyl (C=O) groups is 1. The Morgan fingerprint density at radius 1 is 1.08 bits per heavy atom. The summed E-state index contributed by atoms with van der Waals surface area (Å²) in [6, 6.07) is 16.4. The first-order valence-corrected chi connectivity index (χ1v) is 8.15. The highest BCUT2D eigenvalue weighted by Gasteiger charge is 2.20. The van der Waals surface area contributed by atoms with Crippen LogP contribution in [0.5, 0.6) is 0 Å². The maximum absolute atomic E-state index is 12.8. The van der Waals surface area contributed by atoms with Crippen LogP contribution in [0, 0.1) is 0 Å². The van der Waals surface area contributed by atoms with Crippen molar-refractivity contribution < 1.29 is 9.21 Å². The number of benzene rings is 1. The zero-order chi connectivity index (χ0) is 17.8. The summed E-state index contributed by atoms with van der Waals surface area (Å²) in [6.07, 6.45) is 8.28. The van der Waals surface area contributed by atoms with Gasteiger partial charge in [0, 0.05) is 24.2 Å².